The predicted octanol–water partition coefficient (Wildman–Crippen LogP) is 4.92. The molecule has 0 unspecified atom stereocenters. The summed E-state index contributed by atoms with van der Waals surface area (Å²) in [7, 11) is 0. The van der Waals surface area contributed by atoms with Gasteiger partial charge in [-0.2, -0.15) is 0 Å². The van der Waals surface area contributed by atoms with Crippen molar-refractivity contribution in [1.29, 1.82) is 0 Å². The molecule has 1 saturated heterocycles. The Morgan fingerprint density at radius 2 is 1.77 bits per heavy atom. The number of ether oxygens (including phenoxy) is 1. The highest BCUT2D eigenvalue weighted by Gasteiger charge is 2.35. The lowest BCUT2D eigenvalue weighted by molar-refractivity contribution is -0.117. The van der Waals surface area contributed by atoms with Gasteiger partial charge in [-0.1, -0.05) is 30.3 Å². The number of hydrogen-bond acceptors (Lipinski definition) is 4. The van der Waals surface area contributed by atoms with E-state index in [4.69, 9.17) is 9.72 Å². The van der Waals surface area contributed by atoms with E-state index in [0.717, 1.165) is 45.0 Å². The molecule has 1 aliphatic rings. The van der Waals surface area contributed by atoms with Crippen molar-refractivity contribution in [3.8, 4) is 5.75 Å². The molecule has 1 aromatic heterocycles. The smallest absolute Gasteiger partial charge is 0.227 e. The zero-order valence-corrected chi connectivity index (χ0v) is 20.4. The second-order valence-electron chi connectivity index (χ2n) is 9.60. The van der Waals surface area contributed by atoms with Crippen LogP contribution in [-0.2, 0) is 11.3 Å². The molecule has 6 heteroatoms. The maximum absolute atomic E-state index is 13.0. The first-order valence-corrected chi connectivity index (χ1v) is 12.1. The van der Waals surface area contributed by atoms with Gasteiger partial charge in [0.2, 0.25) is 5.91 Å². The molecule has 0 aliphatic carbocycles. The summed E-state index contributed by atoms with van der Waals surface area (Å²) in [6.07, 6.45) is -0.330. The van der Waals surface area contributed by atoms with Crippen molar-refractivity contribution < 1.29 is 14.6 Å². The number of aromatic nitrogens is 2. The van der Waals surface area contributed by atoms with Crippen molar-refractivity contribution in [1.82, 2.24) is 9.55 Å². The third-order valence-electron chi connectivity index (χ3n) is 6.52. The molecule has 5 rings (SSSR count). The fourth-order valence-electron chi connectivity index (χ4n) is 5.00. The first-order chi connectivity index (χ1) is 16.9. The third-order valence-corrected chi connectivity index (χ3v) is 6.52. The van der Waals surface area contributed by atoms with Crippen molar-refractivity contribution >= 4 is 22.6 Å². The molecule has 0 radical (unpaired) electrons. The first-order valence-electron chi connectivity index (χ1n) is 12.1. The van der Waals surface area contributed by atoms with Crippen LogP contribution in [0, 0.1) is 20.8 Å². The van der Waals surface area contributed by atoms with Crippen LogP contribution >= 0.6 is 0 Å². The Labute approximate surface area is 205 Å². The van der Waals surface area contributed by atoms with Gasteiger partial charge in [0.25, 0.3) is 0 Å². The molecule has 1 amide bonds. The molecule has 35 heavy (non-hydrogen) atoms. The van der Waals surface area contributed by atoms with Crippen LogP contribution in [-0.4, -0.2) is 39.8 Å². The number of aliphatic hydroxyl groups is 1. The SMILES string of the molecule is Cc1cc(C)cc(OC[C@H](O)Cn2c([C@H]3CC(=O)N(c4cccc(C)c4)C3)nc3ccccc32)c1. The van der Waals surface area contributed by atoms with Crippen molar-refractivity contribution in [2.75, 3.05) is 18.1 Å². The van der Waals surface area contributed by atoms with E-state index in [1.807, 2.05) is 86.3 Å². The topological polar surface area (TPSA) is 67.6 Å². The normalized spacial score (nSPS) is 16.7. The van der Waals surface area contributed by atoms with Gasteiger partial charge in [-0.05, 0) is 73.9 Å². The van der Waals surface area contributed by atoms with Gasteiger partial charge >= 0.3 is 0 Å². The molecule has 2 atom stereocenters. The lowest BCUT2D eigenvalue weighted by Gasteiger charge is -2.19. The van der Waals surface area contributed by atoms with Crippen molar-refractivity contribution in [3.05, 3.63) is 89.2 Å². The Bertz CT molecular complexity index is 1360. The minimum Gasteiger partial charge on any atom is -0.491 e. The van der Waals surface area contributed by atoms with Crippen LogP contribution in [0.25, 0.3) is 11.0 Å². The molecule has 4 aromatic rings. The Kier molecular flexibility index (Phi) is 6.31. The predicted molar refractivity (Wildman–Crippen MR) is 138 cm³/mol. The summed E-state index contributed by atoms with van der Waals surface area (Å²) in [6, 6.07) is 22.0. The lowest BCUT2D eigenvalue weighted by atomic mass is 10.1. The minimum absolute atomic E-state index is 0.0528. The number of para-hydroxylation sites is 2. The number of anilines is 1. The number of carbonyl (C=O) groups excluding carboxylic acids is 1. The molecular weight excluding hydrogens is 438 g/mol. The van der Waals surface area contributed by atoms with Crippen LogP contribution in [0.5, 0.6) is 5.75 Å². The number of fused-ring (bicyclic) bond motifs is 1. The average Bonchev–Trinajstić information content (AvgIpc) is 3.38. The van der Waals surface area contributed by atoms with E-state index in [2.05, 4.69) is 10.6 Å². The third kappa shape index (κ3) is 4.93. The number of amides is 1. The zero-order chi connectivity index (χ0) is 24.5. The van der Waals surface area contributed by atoms with Gasteiger partial charge in [-0.25, -0.2) is 4.98 Å². The number of carbonyl (C=O) groups is 1. The van der Waals surface area contributed by atoms with E-state index in [1.54, 1.807) is 0 Å². The van der Waals surface area contributed by atoms with Gasteiger partial charge < -0.3 is 19.3 Å². The summed E-state index contributed by atoms with van der Waals surface area (Å²) < 4.78 is 7.97. The van der Waals surface area contributed by atoms with Crippen LogP contribution in [0.2, 0.25) is 0 Å². The van der Waals surface area contributed by atoms with Gasteiger partial charge in [0.1, 0.15) is 24.3 Å². The number of imidazole rings is 1. The van der Waals surface area contributed by atoms with E-state index < -0.39 is 6.10 Å². The molecule has 3 aromatic carbocycles. The highest BCUT2D eigenvalue weighted by atomic mass is 16.5. The summed E-state index contributed by atoms with van der Waals surface area (Å²) in [5.74, 6) is 1.63. The molecule has 2 heterocycles. The van der Waals surface area contributed by atoms with Gasteiger partial charge in [0.15, 0.2) is 0 Å². The molecule has 6 nitrogen and oxygen atoms in total. The first kappa shape index (κ1) is 23.1. The van der Waals surface area contributed by atoms with Crippen LogP contribution in [0.3, 0.4) is 0 Å². The minimum atomic E-state index is -0.725. The number of hydrogen-bond donors (Lipinski definition) is 1. The van der Waals surface area contributed by atoms with Gasteiger partial charge in [-0.15, -0.1) is 0 Å². The average molecular weight is 470 g/mol. The second kappa shape index (κ2) is 9.55. The summed E-state index contributed by atoms with van der Waals surface area (Å²) >= 11 is 0. The van der Waals surface area contributed by atoms with E-state index >= 15 is 0 Å². The van der Waals surface area contributed by atoms with E-state index in [0.29, 0.717) is 19.5 Å². The number of benzene rings is 3. The van der Waals surface area contributed by atoms with Crippen LogP contribution in [0.1, 0.15) is 34.9 Å². The fourth-order valence-corrected chi connectivity index (χ4v) is 5.00. The lowest BCUT2D eigenvalue weighted by Crippen LogP contribution is -2.26. The number of rotatable bonds is 7. The Hall–Kier alpha value is -3.64. The largest absolute Gasteiger partial charge is 0.491 e. The van der Waals surface area contributed by atoms with Crippen molar-refractivity contribution in [3.63, 3.8) is 0 Å². The molecular formula is C29H31N3O3. The standard InChI is InChI=1S/C29H31N3O3/c1-19-7-6-8-23(12-19)31-16-22(15-28(31)34)29-30-26-9-4-5-10-27(26)32(29)17-24(33)18-35-25-13-20(2)11-21(3)14-25/h4-14,22,24,33H,15-18H2,1-3H3/t22-,24+/m0/s1. The maximum atomic E-state index is 13.0. The molecule has 0 bridgehead atoms. The van der Waals surface area contributed by atoms with Gasteiger partial charge in [0.05, 0.1) is 17.6 Å². The molecule has 1 fully saturated rings. The molecule has 180 valence electrons. The van der Waals surface area contributed by atoms with Crippen molar-refractivity contribution in [2.45, 2.75) is 45.8 Å². The Morgan fingerprint density at radius 1 is 1.00 bits per heavy atom. The molecule has 0 spiro atoms. The highest BCUT2D eigenvalue weighted by Crippen LogP contribution is 2.33. The monoisotopic (exact) mass is 469 g/mol. The quantitative estimate of drug-likeness (QED) is 0.417. The van der Waals surface area contributed by atoms with Crippen molar-refractivity contribution in [2.24, 2.45) is 0 Å². The fraction of sp³-hybridized carbons (Fsp3) is 0.310. The molecule has 0 saturated carbocycles. The summed E-state index contributed by atoms with van der Waals surface area (Å²) in [5, 5.41) is 10.9. The number of aryl methyl sites for hydroxylation is 3. The summed E-state index contributed by atoms with van der Waals surface area (Å²) in [6.45, 7) is 7.18. The zero-order valence-electron chi connectivity index (χ0n) is 20.4. The van der Waals surface area contributed by atoms with Gasteiger partial charge in [-0.3, -0.25) is 4.79 Å². The summed E-state index contributed by atoms with van der Waals surface area (Å²) in [5.41, 5.74) is 6.11. The van der Waals surface area contributed by atoms with Crippen LogP contribution < -0.4 is 9.64 Å². The Morgan fingerprint density at radius 3 is 2.54 bits per heavy atom. The summed E-state index contributed by atoms with van der Waals surface area (Å²) in [4.78, 5) is 19.7. The van der Waals surface area contributed by atoms with E-state index in [-0.39, 0.29) is 18.4 Å². The van der Waals surface area contributed by atoms with E-state index in [9.17, 15) is 9.90 Å². The highest BCUT2D eigenvalue weighted by molar-refractivity contribution is 5.96. The second-order valence-corrected chi connectivity index (χ2v) is 9.60. The van der Waals surface area contributed by atoms with Gasteiger partial charge in [0, 0.05) is 24.6 Å². The number of nitrogens with zero attached hydrogens (tertiary/aromatic N) is 3. The molecule has 1 N–H and O–H groups in total. The van der Waals surface area contributed by atoms with E-state index in [1.165, 1.54) is 0 Å². The maximum Gasteiger partial charge on any atom is 0.227 e. The van der Waals surface area contributed by atoms with Crippen LogP contribution in [0.15, 0.2) is 66.7 Å². The van der Waals surface area contributed by atoms with Crippen LogP contribution in [0.4, 0.5) is 5.69 Å². The Balaban J connectivity index is 1.38. The molecule has 1 aliphatic heterocycles. The number of aliphatic hydroxyl groups excluding tert-OH is 1.